The molecule has 1 saturated heterocycles. The lowest BCUT2D eigenvalue weighted by Crippen LogP contribution is -2.50. The molecule has 0 aromatic heterocycles. The van der Waals surface area contributed by atoms with E-state index in [1.165, 1.54) is 0 Å². The fourth-order valence-electron chi connectivity index (χ4n) is 5.52. The van der Waals surface area contributed by atoms with Crippen molar-refractivity contribution in [3.05, 3.63) is 64.7 Å². The molecule has 2 aliphatic rings. The second-order valence-electron chi connectivity index (χ2n) is 10.4. The maximum absolute atomic E-state index is 13.6. The van der Waals surface area contributed by atoms with E-state index in [0.717, 1.165) is 18.4 Å². The van der Waals surface area contributed by atoms with E-state index in [-0.39, 0.29) is 23.8 Å². The minimum atomic E-state index is -4.76. The second kappa shape index (κ2) is 10.8. The maximum Gasteiger partial charge on any atom is 0.416 e. The molecule has 4 rings (SSSR count). The Kier molecular flexibility index (Phi) is 8.02. The summed E-state index contributed by atoms with van der Waals surface area (Å²) in [6, 6.07) is 8.18. The standard InChI is InChI=1S/C28H31F6NO3/c1-3-24(22-12-20(27(29,30)31)9-10-23(22)28(32,33)34)35-13-17(14-35)15-38-21-6-4-5-19(11-21)25(18-7-8-18)16(2)26(36)37/h4-6,9-12,16-18,24-25H,3,7-8,13-15H2,1-2H3,(H,36,37)/t16-,24?,25-/m0/s1. The highest BCUT2D eigenvalue weighted by Crippen LogP contribution is 2.47. The third-order valence-corrected chi connectivity index (χ3v) is 7.64. The largest absolute Gasteiger partial charge is 0.493 e. The van der Waals surface area contributed by atoms with Crippen LogP contribution in [0.15, 0.2) is 42.5 Å². The van der Waals surface area contributed by atoms with Gasteiger partial charge in [0.1, 0.15) is 5.75 Å². The summed E-state index contributed by atoms with van der Waals surface area (Å²) in [5.74, 6) is -0.543. The molecular weight excluding hydrogens is 512 g/mol. The van der Waals surface area contributed by atoms with Crippen LogP contribution in [0.2, 0.25) is 0 Å². The van der Waals surface area contributed by atoms with Gasteiger partial charge in [0.15, 0.2) is 0 Å². The molecule has 38 heavy (non-hydrogen) atoms. The van der Waals surface area contributed by atoms with Crippen molar-refractivity contribution in [2.45, 2.75) is 57.4 Å². The van der Waals surface area contributed by atoms with E-state index >= 15 is 0 Å². The Morgan fingerprint density at radius 1 is 1.05 bits per heavy atom. The van der Waals surface area contributed by atoms with Crippen LogP contribution in [0, 0.1) is 17.8 Å². The van der Waals surface area contributed by atoms with Crippen molar-refractivity contribution >= 4 is 5.97 Å². The SMILES string of the molecule is CCC(c1cc(C(F)(F)F)ccc1C(F)(F)F)N1CC(COc2cccc([C@H](C3CC3)[C@H](C)C(=O)O)c2)C1. The highest BCUT2D eigenvalue weighted by molar-refractivity contribution is 5.71. The summed E-state index contributed by atoms with van der Waals surface area (Å²) in [4.78, 5) is 13.4. The Morgan fingerprint density at radius 3 is 2.29 bits per heavy atom. The van der Waals surface area contributed by atoms with Crippen molar-refractivity contribution in [2.75, 3.05) is 19.7 Å². The first-order chi connectivity index (χ1) is 17.8. The van der Waals surface area contributed by atoms with Crippen molar-refractivity contribution in [2.24, 2.45) is 17.8 Å². The van der Waals surface area contributed by atoms with Gasteiger partial charge in [0.25, 0.3) is 0 Å². The van der Waals surface area contributed by atoms with Gasteiger partial charge >= 0.3 is 18.3 Å². The number of carboxylic acids is 1. The van der Waals surface area contributed by atoms with Gasteiger partial charge in [-0.15, -0.1) is 0 Å². The Hall–Kier alpha value is -2.75. The van der Waals surface area contributed by atoms with Crippen molar-refractivity contribution in [3.8, 4) is 5.75 Å². The normalized spacial score (nSPS) is 19.5. The number of ether oxygens (including phenoxy) is 1. The number of halogens is 6. The lowest BCUT2D eigenvalue weighted by atomic mass is 9.83. The van der Waals surface area contributed by atoms with Crippen LogP contribution in [-0.2, 0) is 17.1 Å². The Morgan fingerprint density at radius 2 is 1.74 bits per heavy atom. The monoisotopic (exact) mass is 543 g/mol. The lowest BCUT2D eigenvalue weighted by molar-refractivity contribution is -0.142. The lowest BCUT2D eigenvalue weighted by Gasteiger charge is -2.44. The minimum absolute atomic E-state index is 0.00464. The molecule has 2 fully saturated rings. The summed E-state index contributed by atoms with van der Waals surface area (Å²) in [5.41, 5.74) is -1.60. The molecule has 0 spiro atoms. The molecule has 2 aromatic carbocycles. The van der Waals surface area contributed by atoms with Gasteiger partial charge in [-0.2, -0.15) is 26.3 Å². The molecule has 2 aromatic rings. The Labute approximate surface area is 217 Å². The number of likely N-dealkylation sites (tertiary alicyclic amines) is 1. The zero-order valence-corrected chi connectivity index (χ0v) is 21.1. The predicted octanol–water partition coefficient (Wildman–Crippen LogP) is 7.40. The fraction of sp³-hybridized carbons (Fsp3) is 0.536. The maximum atomic E-state index is 13.6. The number of carbonyl (C=O) groups is 1. The van der Waals surface area contributed by atoms with E-state index in [0.29, 0.717) is 49.6 Å². The molecule has 1 aliphatic carbocycles. The summed E-state index contributed by atoms with van der Waals surface area (Å²) >= 11 is 0. The number of rotatable bonds is 10. The molecule has 0 radical (unpaired) electrons. The van der Waals surface area contributed by atoms with E-state index in [1.54, 1.807) is 24.8 Å². The van der Waals surface area contributed by atoms with Crippen LogP contribution in [0.4, 0.5) is 26.3 Å². The third kappa shape index (κ3) is 6.27. The number of nitrogens with zero attached hydrogens (tertiary/aromatic N) is 1. The molecule has 1 N–H and O–H groups in total. The highest BCUT2D eigenvalue weighted by atomic mass is 19.4. The number of hydrogen-bond donors (Lipinski definition) is 1. The van der Waals surface area contributed by atoms with Gasteiger partial charge in [-0.05, 0) is 72.6 Å². The first-order valence-electron chi connectivity index (χ1n) is 12.8. The average molecular weight is 544 g/mol. The van der Waals surface area contributed by atoms with E-state index in [1.807, 2.05) is 18.2 Å². The first-order valence-corrected chi connectivity index (χ1v) is 12.8. The third-order valence-electron chi connectivity index (χ3n) is 7.64. The molecular formula is C28H31F6NO3. The van der Waals surface area contributed by atoms with Gasteiger partial charge in [-0.3, -0.25) is 9.69 Å². The molecule has 1 saturated carbocycles. The zero-order valence-electron chi connectivity index (χ0n) is 21.1. The quantitative estimate of drug-likeness (QED) is 0.317. The number of benzene rings is 2. The molecule has 3 atom stereocenters. The first kappa shape index (κ1) is 28.3. The van der Waals surface area contributed by atoms with Crippen LogP contribution in [0.25, 0.3) is 0 Å². The molecule has 10 heteroatoms. The van der Waals surface area contributed by atoms with Gasteiger partial charge in [0.2, 0.25) is 0 Å². The van der Waals surface area contributed by atoms with Crippen LogP contribution >= 0.6 is 0 Å². The Balaban J connectivity index is 1.42. The smallest absolute Gasteiger partial charge is 0.416 e. The van der Waals surface area contributed by atoms with Crippen molar-refractivity contribution < 1.29 is 41.0 Å². The summed E-state index contributed by atoms with van der Waals surface area (Å²) in [7, 11) is 0. The van der Waals surface area contributed by atoms with Gasteiger partial charge in [-0.1, -0.05) is 26.0 Å². The van der Waals surface area contributed by atoms with Crippen LogP contribution in [0.1, 0.15) is 67.3 Å². The van der Waals surface area contributed by atoms with E-state index < -0.39 is 41.4 Å². The number of hydrogen-bond acceptors (Lipinski definition) is 3. The zero-order chi connectivity index (χ0) is 27.8. The molecule has 208 valence electrons. The number of aliphatic carboxylic acids is 1. The highest BCUT2D eigenvalue weighted by Gasteiger charge is 2.42. The second-order valence-corrected chi connectivity index (χ2v) is 10.4. The number of alkyl halides is 6. The van der Waals surface area contributed by atoms with Crippen LogP contribution in [0.3, 0.4) is 0 Å². The van der Waals surface area contributed by atoms with E-state index in [9.17, 15) is 36.2 Å². The Bertz CT molecular complexity index is 1140. The van der Waals surface area contributed by atoms with Gasteiger partial charge in [-0.25, -0.2) is 0 Å². The van der Waals surface area contributed by atoms with E-state index in [4.69, 9.17) is 4.74 Å². The minimum Gasteiger partial charge on any atom is -0.493 e. The van der Waals surface area contributed by atoms with Crippen molar-refractivity contribution in [3.63, 3.8) is 0 Å². The average Bonchev–Trinajstić information content (AvgIpc) is 3.64. The number of carboxylic acid groups (broad SMARTS) is 1. The molecule has 1 unspecified atom stereocenters. The summed E-state index contributed by atoms with van der Waals surface area (Å²) in [6.45, 7) is 4.46. The molecule has 4 nitrogen and oxygen atoms in total. The molecule has 0 bridgehead atoms. The molecule has 0 amide bonds. The topological polar surface area (TPSA) is 49.8 Å². The van der Waals surface area contributed by atoms with Crippen molar-refractivity contribution in [1.29, 1.82) is 0 Å². The van der Waals surface area contributed by atoms with Gasteiger partial charge in [0.05, 0.1) is 23.7 Å². The van der Waals surface area contributed by atoms with Crippen LogP contribution < -0.4 is 4.74 Å². The van der Waals surface area contributed by atoms with Gasteiger partial charge in [0, 0.05) is 25.0 Å². The predicted molar refractivity (Wildman–Crippen MR) is 129 cm³/mol. The van der Waals surface area contributed by atoms with Crippen LogP contribution in [-0.4, -0.2) is 35.7 Å². The fourth-order valence-corrected chi connectivity index (χ4v) is 5.52. The van der Waals surface area contributed by atoms with Crippen LogP contribution in [0.5, 0.6) is 5.75 Å². The summed E-state index contributed by atoms with van der Waals surface area (Å²) < 4.78 is 86.6. The summed E-state index contributed by atoms with van der Waals surface area (Å²) in [5, 5.41) is 9.51. The van der Waals surface area contributed by atoms with Crippen molar-refractivity contribution in [1.82, 2.24) is 4.90 Å². The molecule has 1 heterocycles. The van der Waals surface area contributed by atoms with E-state index in [2.05, 4.69) is 0 Å². The summed E-state index contributed by atoms with van der Waals surface area (Å²) in [6.07, 6.45) is -7.29. The molecule has 1 aliphatic heterocycles. The van der Waals surface area contributed by atoms with Gasteiger partial charge < -0.3 is 9.84 Å².